The van der Waals surface area contributed by atoms with Crippen molar-refractivity contribution < 1.29 is 4.74 Å². The average Bonchev–Trinajstić information content (AvgIpc) is 2.57. The van der Waals surface area contributed by atoms with Crippen LogP contribution in [0.3, 0.4) is 0 Å². The van der Waals surface area contributed by atoms with Gasteiger partial charge in [-0.15, -0.1) is 0 Å². The molecule has 2 aromatic carbocycles. The van der Waals surface area contributed by atoms with Gasteiger partial charge in [-0.25, -0.2) is 9.97 Å². The molecule has 1 aromatic heterocycles. The zero-order chi connectivity index (χ0) is 16.1. The zero-order valence-electron chi connectivity index (χ0n) is 13.2. The number of rotatable bonds is 5. The van der Waals surface area contributed by atoms with Crippen molar-refractivity contribution in [1.82, 2.24) is 9.97 Å². The Morgan fingerprint density at radius 2 is 1.65 bits per heavy atom. The van der Waals surface area contributed by atoms with Crippen LogP contribution in [-0.2, 0) is 0 Å². The molecular weight excluding hydrogens is 286 g/mol. The van der Waals surface area contributed by atoms with Gasteiger partial charge in [-0.2, -0.15) is 0 Å². The number of benzene rings is 2. The van der Waals surface area contributed by atoms with Gasteiger partial charge >= 0.3 is 0 Å². The third kappa shape index (κ3) is 4.07. The van der Waals surface area contributed by atoms with Gasteiger partial charge in [-0.1, -0.05) is 30.3 Å². The van der Waals surface area contributed by atoms with E-state index in [1.54, 1.807) is 6.33 Å². The monoisotopic (exact) mass is 305 g/mol. The van der Waals surface area contributed by atoms with E-state index in [4.69, 9.17) is 4.74 Å². The normalized spacial score (nSPS) is 10.6. The summed E-state index contributed by atoms with van der Waals surface area (Å²) in [7, 11) is 0. The summed E-state index contributed by atoms with van der Waals surface area (Å²) in [5.41, 5.74) is 2.92. The molecule has 4 heteroatoms. The molecule has 0 aliphatic carbocycles. The topological polar surface area (TPSA) is 47.0 Å². The number of ether oxygens (including phenoxy) is 1. The lowest BCUT2D eigenvalue weighted by Crippen LogP contribution is -2.05. The fourth-order valence-electron chi connectivity index (χ4n) is 2.23. The molecule has 0 unspecified atom stereocenters. The van der Waals surface area contributed by atoms with Gasteiger partial charge in [0.15, 0.2) is 0 Å². The van der Waals surface area contributed by atoms with Crippen molar-refractivity contribution >= 4 is 11.5 Å². The molecule has 1 N–H and O–H groups in total. The first-order valence-electron chi connectivity index (χ1n) is 7.62. The van der Waals surface area contributed by atoms with Crippen LogP contribution in [0.1, 0.15) is 13.8 Å². The highest BCUT2D eigenvalue weighted by atomic mass is 16.5. The molecule has 4 nitrogen and oxygen atoms in total. The molecule has 0 aliphatic rings. The molecule has 0 amide bonds. The summed E-state index contributed by atoms with van der Waals surface area (Å²) in [6.45, 7) is 4.02. The van der Waals surface area contributed by atoms with Gasteiger partial charge in [0.05, 0.1) is 11.8 Å². The molecule has 0 bridgehead atoms. The minimum Gasteiger partial charge on any atom is -0.491 e. The number of hydrogen-bond donors (Lipinski definition) is 1. The van der Waals surface area contributed by atoms with E-state index in [1.165, 1.54) is 0 Å². The molecule has 3 rings (SSSR count). The largest absolute Gasteiger partial charge is 0.491 e. The second kappa shape index (κ2) is 6.92. The van der Waals surface area contributed by atoms with Crippen LogP contribution in [0, 0.1) is 0 Å². The molecule has 0 fully saturated rings. The van der Waals surface area contributed by atoms with Gasteiger partial charge < -0.3 is 10.1 Å². The second-order valence-corrected chi connectivity index (χ2v) is 5.47. The van der Waals surface area contributed by atoms with E-state index in [1.807, 2.05) is 74.5 Å². The molecule has 1 heterocycles. The van der Waals surface area contributed by atoms with E-state index < -0.39 is 0 Å². The smallest absolute Gasteiger partial charge is 0.134 e. The van der Waals surface area contributed by atoms with Crippen LogP contribution in [0.5, 0.6) is 5.75 Å². The molecule has 116 valence electrons. The van der Waals surface area contributed by atoms with E-state index in [9.17, 15) is 0 Å². The van der Waals surface area contributed by atoms with Gasteiger partial charge in [0.25, 0.3) is 0 Å². The Morgan fingerprint density at radius 3 is 2.35 bits per heavy atom. The summed E-state index contributed by atoms with van der Waals surface area (Å²) in [6, 6.07) is 19.8. The van der Waals surface area contributed by atoms with Crippen LogP contribution in [0.15, 0.2) is 67.0 Å². The number of aromatic nitrogens is 2. The summed E-state index contributed by atoms with van der Waals surface area (Å²) >= 11 is 0. The van der Waals surface area contributed by atoms with E-state index in [-0.39, 0.29) is 6.10 Å². The number of anilines is 2. The Bertz CT molecular complexity index is 755. The molecule has 0 aliphatic heterocycles. The Morgan fingerprint density at radius 1 is 0.913 bits per heavy atom. The van der Waals surface area contributed by atoms with Crippen LogP contribution in [-0.4, -0.2) is 16.1 Å². The molecule has 23 heavy (non-hydrogen) atoms. The van der Waals surface area contributed by atoms with Crippen molar-refractivity contribution in [3.63, 3.8) is 0 Å². The van der Waals surface area contributed by atoms with Crippen LogP contribution in [0.4, 0.5) is 11.5 Å². The first kappa shape index (κ1) is 15.0. The highest BCUT2D eigenvalue weighted by Gasteiger charge is 2.03. The van der Waals surface area contributed by atoms with Gasteiger partial charge in [-0.05, 0) is 38.1 Å². The summed E-state index contributed by atoms with van der Waals surface area (Å²) in [6.07, 6.45) is 1.74. The van der Waals surface area contributed by atoms with Gasteiger partial charge in [0, 0.05) is 17.3 Å². The third-order valence-electron chi connectivity index (χ3n) is 3.24. The number of hydrogen-bond acceptors (Lipinski definition) is 4. The van der Waals surface area contributed by atoms with Crippen LogP contribution < -0.4 is 10.1 Å². The molecule has 0 atom stereocenters. The Labute approximate surface area is 136 Å². The number of nitrogens with one attached hydrogen (secondary N) is 1. The lowest BCUT2D eigenvalue weighted by molar-refractivity contribution is 0.242. The van der Waals surface area contributed by atoms with E-state index >= 15 is 0 Å². The molecule has 0 saturated carbocycles. The summed E-state index contributed by atoms with van der Waals surface area (Å²) in [4.78, 5) is 8.60. The maximum atomic E-state index is 5.64. The first-order valence-corrected chi connectivity index (χ1v) is 7.62. The lowest BCUT2D eigenvalue weighted by Gasteiger charge is -2.11. The van der Waals surface area contributed by atoms with Crippen molar-refractivity contribution in [2.45, 2.75) is 20.0 Å². The van der Waals surface area contributed by atoms with Gasteiger partial charge in [-0.3, -0.25) is 0 Å². The van der Waals surface area contributed by atoms with Crippen molar-refractivity contribution in [2.75, 3.05) is 5.32 Å². The minimum atomic E-state index is 0.170. The Hall–Kier alpha value is -2.88. The second-order valence-electron chi connectivity index (χ2n) is 5.47. The average molecular weight is 305 g/mol. The molecule has 3 aromatic rings. The van der Waals surface area contributed by atoms with E-state index in [0.717, 1.165) is 28.5 Å². The molecule has 0 spiro atoms. The number of nitrogens with zero attached hydrogens (tertiary/aromatic N) is 2. The fraction of sp³-hybridized carbons (Fsp3) is 0.158. The minimum absolute atomic E-state index is 0.170. The predicted molar refractivity (Wildman–Crippen MR) is 93.0 cm³/mol. The van der Waals surface area contributed by atoms with Crippen molar-refractivity contribution in [2.24, 2.45) is 0 Å². The summed E-state index contributed by atoms with van der Waals surface area (Å²) in [5, 5.41) is 3.29. The molecule has 0 saturated heterocycles. The molecular formula is C19H19N3O. The standard InChI is InChI=1S/C19H19N3O/c1-14(2)23-17-10-8-16(9-11-17)22-19-12-18(20-13-21-19)15-6-4-3-5-7-15/h3-14H,1-2H3,(H,20,21,22). The Balaban J connectivity index is 1.75. The van der Waals surface area contributed by atoms with Gasteiger partial charge in [0.1, 0.15) is 17.9 Å². The maximum Gasteiger partial charge on any atom is 0.134 e. The first-order chi connectivity index (χ1) is 11.2. The lowest BCUT2D eigenvalue weighted by atomic mass is 10.1. The molecule has 0 radical (unpaired) electrons. The summed E-state index contributed by atoms with van der Waals surface area (Å²) in [5.74, 6) is 1.62. The van der Waals surface area contributed by atoms with E-state index in [2.05, 4.69) is 15.3 Å². The van der Waals surface area contributed by atoms with Crippen LogP contribution >= 0.6 is 0 Å². The fourth-order valence-corrected chi connectivity index (χ4v) is 2.23. The quantitative estimate of drug-likeness (QED) is 0.744. The van der Waals surface area contributed by atoms with Crippen LogP contribution in [0.25, 0.3) is 11.3 Å². The van der Waals surface area contributed by atoms with Crippen LogP contribution in [0.2, 0.25) is 0 Å². The predicted octanol–water partition coefficient (Wildman–Crippen LogP) is 4.67. The SMILES string of the molecule is CC(C)Oc1ccc(Nc2cc(-c3ccccc3)ncn2)cc1. The van der Waals surface area contributed by atoms with Crippen molar-refractivity contribution in [3.05, 3.63) is 67.0 Å². The summed E-state index contributed by atoms with van der Waals surface area (Å²) < 4.78 is 5.64. The highest BCUT2D eigenvalue weighted by Crippen LogP contribution is 2.22. The van der Waals surface area contributed by atoms with Crippen molar-refractivity contribution in [3.8, 4) is 17.0 Å². The maximum absolute atomic E-state index is 5.64. The van der Waals surface area contributed by atoms with E-state index in [0.29, 0.717) is 0 Å². The highest BCUT2D eigenvalue weighted by molar-refractivity contribution is 5.65. The van der Waals surface area contributed by atoms with Crippen molar-refractivity contribution in [1.29, 1.82) is 0 Å². The third-order valence-corrected chi connectivity index (χ3v) is 3.24. The van der Waals surface area contributed by atoms with Gasteiger partial charge in [0.2, 0.25) is 0 Å². The Kier molecular flexibility index (Phi) is 4.52. The zero-order valence-corrected chi connectivity index (χ0v) is 13.2.